The van der Waals surface area contributed by atoms with Crippen LogP contribution in [-0.2, 0) is 0 Å². The molecule has 1 rings (SSSR count). The lowest BCUT2D eigenvalue weighted by Gasteiger charge is -2.36. The first-order valence-electron chi connectivity index (χ1n) is 5.60. The maximum Gasteiger partial charge on any atom is 0.0226 e. The molecule has 0 aromatic carbocycles. The summed E-state index contributed by atoms with van der Waals surface area (Å²) in [6.45, 7) is 7.12. The van der Waals surface area contributed by atoms with Gasteiger partial charge in [0.2, 0.25) is 0 Å². The number of rotatable bonds is 2. The smallest absolute Gasteiger partial charge is 0.0226 e. The molecule has 0 nitrogen and oxygen atoms in total. The highest BCUT2D eigenvalue weighted by molar-refractivity contribution is 6.17. The highest BCUT2D eigenvalue weighted by Crippen LogP contribution is 2.40. The first-order valence-corrected chi connectivity index (χ1v) is 6.13. The van der Waals surface area contributed by atoms with Crippen LogP contribution in [0, 0.1) is 17.3 Å². The Bertz CT molecular complexity index is 138. The minimum absolute atomic E-state index is 0.520. The van der Waals surface area contributed by atoms with Crippen LogP contribution in [0.4, 0.5) is 0 Å². The number of halogens is 1. The largest absolute Gasteiger partial charge is 0.127 e. The number of hydrogen-bond donors (Lipinski definition) is 0. The summed E-state index contributed by atoms with van der Waals surface area (Å²) in [4.78, 5) is 0. The minimum Gasteiger partial charge on any atom is -0.127 e. The maximum absolute atomic E-state index is 5.76. The quantitative estimate of drug-likeness (QED) is 0.580. The zero-order valence-corrected chi connectivity index (χ0v) is 10.0. The van der Waals surface area contributed by atoms with Crippen LogP contribution >= 0.6 is 11.6 Å². The molecule has 0 aromatic heterocycles. The second kappa shape index (κ2) is 4.68. The van der Waals surface area contributed by atoms with Crippen molar-refractivity contribution in [3.63, 3.8) is 0 Å². The van der Waals surface area contributed by atoms with E-state index in [9.17, 15) is 0 Å². The molecule has 0 saturated heterocycles. The van der Waals surface area contributed by atoms with Crippen LogP contribution in [0.25, 0.3) is 0 Å². The highest BCUT2D eigenvalue weighted by atomic mass is 35.5. The van der Waals surface area contributed by atoms with Crippen LogP contribution in [0.1, 0.15) is 52.9 Å². The fourth-order valence-corrected chi connectivity index (χ4v) is 2.78. The highest BCUT2D eigenvalue weighted by Gasteiger charge is 2.29. The molecule has 0 heterocycles. The van der Waals surface area contributed by atoms with E-state index in [1.165, 1.54) is 32.1 Å². The van der Waals surface area contributed by atoms with Crippen LogP contribution in [-0.4, -0.2) is 5.88 Å². The van der Waals surface area contributed by atoms with E-state index in [4.69, 9.17) is 11.6 Å². The molecule has 1 heteroatoms. The van der Waals surface area contributed by atoms with Gasteiger partial charge in [0.25, 0.3) is 0 Å². The minimum atomic E-state index is 0.520. The maximum atomic E-state index is 5.76. The van der Waals surface area contributed by atoms with Crippen molar-refractivity contribution < 1.29 is 0 Å². The zero-order chi connectivity index (χ0) is 9.90. The second-order valence-electron chi connectivity index (χ2n) is 5.56. The van der Waals surface area contributed by atoms with E-state index in [2.05, 4.69) is 20.8 Å². The van der Waals surface area contributed by atoms with Gasteiger partial charge in [0.15, 0.2) is 0 Å². The molecule has 0 N–H and O–H groups in total. The summed E-state index contributed by atoms with van der Waals surface area (Å²) in [6, 6.07) is 0. The molecule has 1 aliphatic rings. The van der Waals surface area contributed by atoms with Gasteiger partial charge in [-0.25, -0.2) is 0 Å². The van der Waals surface area contributed by atoms with Crippen molar-refractivity contribution >= 4 is 11.6 Å². The summed E-state index contributed by atoms with van der Waals surface area (Å²) < 4.78 is 0. The first-order chi connectivity index (χ1) is 6.04. The lowest BCUT2D eigenvalue weighted by molar-refractivity contribution is 0.149. The van der Waals surface area contributed by atoms with Crippen LogP contribution in [0.2, 0.25) is 0 Å². The average molecular weight is 203 g/mol. The van der Waals surface area contributed by atoms with Gasteiger partial charge in [0.1, 0.15) is 0 Å². The van der Waals surface area contributed by atoms with E-state index in [1.54, 1.807) is 0 Å². The molecule has 0 unspecified atom stereocenters. The fraction of sp³-hybridized carbons (Fsp3) is 1.00. The lowest BCUT2D eigenvalue weighted by Crippen LogP contribution is -2.25. The molecule has 0 amide bonds. The molecule has 13 heavy (non-hydrogen) atoms. The van der Waals surface area contributed by atoms with Gasteiger partial charge in [-0.2, -0.15) is 0 Å². The van der Waals surface area contributed by atoms with E-state index in [-0.39, 0.29) is 0 Å². The third-order valence-corrected chi connectivity index (χ3v) is 3.81. The predicted octanol–water partition coefficient (Wildman–Crippen LogP) is 4.47. The van der Waals surface area contributed by atoms with Gasteiger partial charge in [-0.05, 0) is 36.5 Å². The third-order valence-electron chi connectivity index (χ3n) is 3.59. The molecule has 0 bridgehead atoms. The summed E-state index contributed by atoms with van der Waals surface area (Å²) in [7, 11) is 0. The zero-order valence-electron chi connectivity index (χ0n) is 9.28. The third kappa shape index (κ3) is 3.50. The van der Waals surface area contributed by atoms with Crippen molar-refractivity contribution in [3.8, 4) is 0 Å². The lowest BCUT2D eigenvalue weighted by atomic mass is 9.69. The van der Waals surface area contributed by atoms with Crippen LogP contribution in [0.5, 0.6) is 0 Å². The van der Waals surface area contributed by atoms with Gasteiger partial charge >= 0.3 is 0 Å². The molecule has 1 fully saturated rings. The Kier molecular flexibility index (Phi) is 4.09. The summed E-state index contributed by atoms with van der Waals surface area (Å²) in [6.07, 6.45) is 6.90. The van der Waals surface area contributed by atoms with Crippen molar-refractivity contribution in [3.05, 3.63) is 0 Å². The molecule has 0 spiro atoms. The van der Waals surface area contributed by atoms with Crippen molar-refractivity contribution in [2.75, 3.05) is 5.88 Å². The monoisotopic (exact) mass is 202 g/mol. The SMILES string of the molecule is CC(C)(C)C1CCC(CCCl)CC1. The van der Waals surface area contributed by atoms with Gasteiger partial charge in [-0.3, -0.25) is 0 Å². The van der Waals surface area contributed by atoms with Crippen molar-refractivity contribution in [2.45, 2.75) is 52.9 Å². The van der Waals surface area contributed by atoms with Crippen molar-refractivity contribution in [1.82, 2.24) is 0 Å². The van der Waals surface area contributed by atoms with E-state index >= 15 is 0 Å². The first kappa shape index (κ1) is 11.4. The van der Waals surface area contributed by atoms with Gasteiger partial charge in [-0.1, -0.05) is 33.6 Å². The van der Waals surface area contributed by atoms with Crippen molar-refractivity contribution in [1.29, 1.82) is 0 Å². The van der Waals surface area contributed by atoms with E-state index in [1.807, 2.05) is 0 Å². The Morgan fingerprint density at radius 3 is 2.00 bits per heavy atom. The molecular formula is C12H23Cl. The summed E-state index contributed by atoms with van der Waals surface area (Å²) in [5, 5.41) is 0. The molecule has 78 valence electrons. The topological polar surface area (TPSA) is 0 Å². The Morgan fingerprint density at radius 2 is 1.62 bits per heavy atom. The number of alkyl halides is 1. The molecule has 0 aromatic rings. The molecule has 1 saturated carbocycles. The van der Waals surface area contributed by atoms with E-state index in [0.717, 1.165) is 17.7 Å². The van der Waals surface area contributed by atoms with Gasteiger partial charge in [0, 0.05) is 5.88 Å². The van der Waals surface area contributed by atoms with Gasteiger partial charge in [-0.15, -0.1) is 11.6 Å². The van der Waals surface area contributed by atoms with Crippen LogP contribution in [0.15, 0.2) is 0 Å². The van der Waals surface area contributed by atoms with E-state index < -0.39 is 0 Å². The Labute approximate surface area is 88.1 Å². The van der Waals surface area contributed by atoms with Crippen molar-refractivity contribution in [2.24, 2.45) is 17.3 Å². The standard InChI is InChI=1S/C12H23Cl/c1-12(2,3)11-6-4-10(5-7-11)8-9-13/h10-11H,4-9H2,1-3H3. The Morgan fingerprint density at radius 1 is 1.08 bits per heavy atom. The Hall–Kier alpha value is 0.290. The van der Waals surface area contributed by atoms with Crippen LogP contribution in [0.3, 0.4) is 0 Å². The van der Waals surface area contributed by atoms with Gasteiger partial charge < -0.3 is 0 Å². The normalized spacial score (nSPS) is 30.5. The van der Waals surface area contributed by atoms with Crippen LogP contribution < -0.4 is 0 Å². The Balaban J connectivity index is 2.30. The summed E-state index contributed by atoms with van der Waals surface area (Å²) in [5.41, 5.74) is 0.520. The molecule has 1 aliphatic carbocycles. The summed E-state index contributed by atoms with van der Waals surface area (Å²) in [5.74, 6) is 2.72. The second-order valence-corrected chi connectivity index (χ2v) is 5.94. The molecule has 0 aliphatic heterocycles. The fourth-order valence-electron chi connectivity index (χ4n) is 2.47. The molecule has 0 radical (unpaired) electrons. The summed E-state index contributed by atoms with van der Waals surface area (Å²) >= 11 is 5.76. The molecule has 0 atom stereocenters. The predicted molar refractivity (Wildman–Crippen MR) is 60.2 cm³/mol. The van der Waals surface area contributed by atoms with E-state index in [0.29, 0.717) is 5.41 Å². The number of hydrogen-bond acceptors (Lipinski definition) is 0. The average Bonchev–Trinajstić information content (AvgIpc) is 2.04. The van der Waals surface area contributed by atoms with Gasteiger partial charge in [0.05, 0.1) is 0 Å². The molecular weight excluding hydrogens is 180 g/mol.